The molecule has 0 bridgehead atoms. The summed E-state index contributed by atoms with van der Waals surface area (Å²) in [7, 11) is 6.10. The molecule has 14 heteroatoms. The highest BCUT2D eigenvalue weighted by molar-refractivity contribution is 6.35. The van der Waals surface area contributed by atoms with E-state index in [1.54, 1.807) is 25.9 Å². The number of hydrogen-bond donors (Lipinski definition) is 5. The van der Waals surface area contributed by atoms with Crippen LogP contribution in [0.4, 0.5) is 5.69 Å². The van der Waals surface area contributed by atoms with Crippen LogP contribution in [0.15, 0.2) is 6.07 Å². The summed E-state index contributed by atoms with van der Waals surface area (Å²) in [4.78, 5) is 81.7. The van der Waals surface area contributed by atoms with E-state index >= 15 is 0 Å². The number of nitrogens with one attached hydrogen (secondary N) is 1. The van der Waals surface area contributed by atoms with Gasteiger partial charge in [-0.05, 0) is 45.7 Å². The first-order chi connectivity index (χ1) is 18.5. The highest BCUT2D eigenvalue weighted by Gasteiger charge is 2.73. The lowest BCUT2D eigenvalue weighted by atomic mass is 9.49. The number of Topliss-reactive ketones (excluding diaryl/α,β-unsaturated/α-hetero) is 4. The summed E-state index contributed by atoms with van der Waals surface area (Å²) >= 11 is 6.37. The normalized spacial score (nSPS) is 33.5. The molecule has 3 aliphatic rings. The molecule has 2 unspecified atom stereocenters. The summed E-state index contributed by atoms with van der Waals surface area (Å²) < 4.78 is 0. The number of nitrogens with two attached hydrogens (primary N) is 1. The van der Waals surface area contributed by atoms with Gasteiger partial charge in [-0.15, -0.1) is 0 Å². The largest absolute Gasteiger partial charge is 0.505 e. The quantitative estimate of drug-likeness (QED) is 0.202. The number of phenolic OH excluding ortho intramolecular Hbond substituents is 1. The second kappa shape index (κ2) is 10.00. The number of nitrogens with zero attached hydrogens (tertiary/aromatic N) is 2. The van der Waals surface area contributed by atoms with Gasteiger partial charge in [0, 0.05) is 5.92 Å². The van der Waals surface area contributed by atoms with Gasteiger partial charge in [0.2, 0.25) is 11.8 Å². The van der Waals surface area contributed by atoms with Gasteiger partial charge in [0.1, 0.15) is 5.69 Å². The van der Waals surface area contributed by atoms with E-state index in [2.05, 4.69) is 5.32 Å². The Kier molecular flexibility index (Phi) is 7.43. The second-order valence-electron chi connectivity index (χ2n) is 11.2. The third kappa shape index (κ3) is 4.06. The Labute approximate surface area is 234 Å². The summed E-state index contributed by atoms with van der Waals surface area (Å²) in [5, 5.41) is 36.7. The maximum atomic E-state index is 14.0. The molecule has 4 rings (SSSR count). The molecule has 13 nitrogen and oxygen atoms in total. The number of halogens is 1. The van der Waals surface area contributed by atoms with Crippen LogP contribution in [0.2, 0.25) is 5.02 Å². The van der Waals surface area contributed by atoms with Gasteiger partial charge in [0.05, 0.1) is 41.1 Å². The van der Waals surface area contributed by atoms with Gasteiger partial charge in [-0.3, -0.25) is 33.7 Å². The lowest BCUT2D eigenvalue weighted by molar-refractivity contribution is -0.196. The fraction of sp³-hybridized carbons (Fsp3) is 0.538. The molecular formula is C26H31ClN4O9. The number of aliphatic hydroxyl groups is 2. The van der Waals surface area contributed by atoms with Crippen LogP contribution in [-0.4, -0.2) is 113 Å². The van der Waals surface area contributed by atoms with Crippen LogP contribution in [-0.2, 0) is 24.0 Å². The van der Waals surface area contributed by atoms with Crippen LogP contribution in [0.5, 0.6) is 5.75 Å². The molecule has 2 saturated carbocycles. The second-order valence-corrected chi connectivity index (χ2v) is 11.6. The number of benzene rings is 1. The van der Waals surface area contributed by atoms with Crippen molar-refractivity contribution >= 4 is 52.2 Å². The molecule has 0 aliphatic heterocycles. The third-order valence-corrected chi connectivity index (χ3v) is 8.59. The molecule has 1 aromatic carbocycles. The van der Waals surface area contributed by atoms with Gasteiger partial charge in [0.25, 0.3) is 0 Å². The first-order valence-corrected chi connectivity index (χ1v) is 12.9. The number of carbonyl (C=O) groups excluding carboxylic acids is 6. The Hall–Kier alpha value is -3.23. The van der Waals surface area contributed by atoms with Gasteiger partial charge < -0.3 is 31.3 Å². The number of anilines is 1. The summed E-state index contributed by atoms with van der Waals surface area (Å²) in [5.41, 5.74) is 1.74. The lowest BCUT2D eigenvalue weighted by Gasteiger charge is -2.56. The molecule has 0 radical (unpaired) electrons. The van der Waals surface area contributed by atoms with E-state index in [0.29, 0.717) is 0 Å². The monoisotopic (exact) mass is 578 g/mol. The number of carbonyl (C=O) groups is 6. The zero-order valence-electron chi connectivity index (χ0n) is 22.5. The maximum Gasteiger partial charge on any atom is 0.238 e. The molecule has 40 heavy (non-hydrogen) atoms. The van der Waals surface area contributed by atoms with Gasteiger partial charge >= 0.3 is 0 Å². The molecule has 2 fully saturated rings. The van der Waals surface area contributed by atoms with Gasteiger partial charge in [0.15, 0.2) is 40.4 Å². The fourth-order valence-electron chi connectivity index (χ4n) is 6.60. The minimum Gasteiger partial charge on any atom is -0.505 e. The van der Waals surface area contributed by atoms with Crippen molar-refractivity contribution in [3.8, 4) is 5.75 Å². The Morgan fingerprint density at radius 1 is 1.12 bits per heavy atom. The number of amides is 2. The zero-order valence-corrected chi connectivity index (χ0v) is 23.2. The lowest BCUT2D eigenvalue weighted by Crippen LogP contribution is -2.77. The van der Waals surface area contributed by atoms with Crippen LogP contribution in [0.3, 0.4) is 0 Å². The molecule has 0 saturated heterocycles. The highest BCUT2D eigenvalue weighted by Crippen LogP contribution is 2.55. The van der Waals surface area contributed by atoms with Crippen molar-refractivity contribution in [1.29, 1.82) is 0 Å². The predicted octanol–water partition coefficient (Wildman–Crippen LogP) is -1.45. The minimum atomic E-state index is -3.10. The Morgan fingerprint density at radius 3 is 2.25 bits per heavy atom. The molecule has 3 aliphatic carbocycles. The van der Waals surface area contributed by atoms with E-state index in [-0.39, 0.29) is 28.4 Å². The van der Waals surface area contributed by atoms with E-state index in [1.165, 1.54) is 25.1 Å². The van der Waals surface area contributed by atoms with Crippen molar-refractivity contribution in [3.05, 3.63) is 22.2 Å². The number of fused-ring (bicyclic) bond motifs is 3. The van der Waals surface area contributed by atoms with Crippen molar-refractivity contribution in [2.75, 3.05) is 40.1 Å². The Bertz CT molecular complexity index is 1360. The minimum absolute atomic E-state index is 0.0735. The van der Waals surface area contributed by atoms with Crippen LogP contribution < -0.4 is 11.1 Å². The van der Waals surface area contributed by atoms with E-state index < -0.39 is 88.0 Å². The van der Waals surface area contributed by atoms with Crippen molar-refractivity contribution in [1.82, 2.24) is 9.80 Å². The van der Waals surface area contributed by atoms with Gasteiger partial charge in [-0.1, -0.05) is 18.5 Å². The van der Waals surface area contributed by atoms with Gasteiger partial charge in [-0.25, -0.2) is 0 Å². The van der Waals surface area contributed by atoms with E-state index in [0.717, 1.165) is 0 Å². The average molecular weight is 579 g/mol. The maximum absolute atomic E-state index is 14.0. The third-order valence-electron chi connectivity index (χ3n) is 8.29. The summed E-state index contributed by atoms with van der Waals surface area (Å²) in [6.07, 6.45) is -1.76. The van der Waals surface area contributed by atoms with Gasteiger partial charge in [-0.2, -0.15) is 0 Å². The molecule has 0 aromatic heterocycles. The molecule has 0 heterocycles. The van der Waals surface area contributed by atoms with Crippen molar-refractivity contribution in [2.24, 2.45) is 29.4 Å². The Morgan fingerprint density at radius 2 is 1.73 bits per heavy atom. The van der Waals surface area contributed by atoms with E-state index in [4.69, 9.17) is 17.3 Å². The number of aromatic hydroxyl groups is 1. The molecule has 2 amide bonds. The molecule has 1 aromatic rings. The number of primary amides is 1. The van der Waals surface area contributed by atoms with E-state index in [1.807, 2.05) is 0 Å². The van der Waals surface area contributed by atoms with Crippen LogP contribution in [0, 0.1) is 23.7 Å². The topological polar surface area (TPSA) is 208 Å². The fourth-order valence-corrected chi connectivity index (χ4v) is 6.86. The van der Waals surface area contributed by atoms with Crippen molar-refractivity contribution < 1.29 is 44.1 Å². The molecule has 216 valence electrons. The summed E-state index contributed by atoms with van der Waals surface area (Å²) in [5.74, 6) is -15.2. The first kappa shape index (κ1) is 29.7. The van der Waals surface area contributed by atoms with Crippen LogP contribution >= 0.6 is 11.6 Å². The number of aliphatic hydroxyl groups excluding tert-OH is 1. The summed E-state index contributed by atoms with van der Waals surface area (Å²) in [6.45, 7) is 1.49. The van der Waals surface area contributed by atoms with Crippen molar-refractivity contribution in [3.63, 3.8) is 0 Å². The SMILES string of the molecule is C[C@@H]1c2cc(Cl)c(NC(=O)CN(C)C)c(O)c2C(=O)C2C(=O)[C@@]3(O)C(=O)C(C(N)=O)C(=O)[C@H](N(C)C)[C@H]3[C@H](O)[C@H]21. The Balaban J connectivity index is 1.90. The predicted molar refractivity (Wildman–Crippen MR) is 140 cm³/mol. The molecule has 8 atom stereocenters. The first-order valence-electron chi connectivity index (χ1n) is 12.5. The average Bonchev–Trinajstić information content (AvgIpc) is 2.83. The number of likely N-dealkylation sites (N-methyl/N-ethyl adjacent to an activating group) is 2. The number of rotatable bonds is 5. The van der Waals surface area contributed by atoms with Crippen molar-refractivity contribution in [2.45, 2.75) is 30.6 Å². The standard InChI is InChI=1S/C26H31ClN4O9/c1-8-9-6-10(27)17(29-11(32)7-30(2)3)21(35)13(9)19(33)14-12(8)20(34)16-18(31(4)5)22(36)15(25(28)39)24(38)26(16,40)23(14)37/h6,8,12,14-16,18,20,34-35,40H,7H2,1-5H3,(H2,28,39)(H,29,32)/t8-,12+,14?,15?,16+,18-,20-,26-/m1/s1. The van der Waals surface area contributed by atoms with E-state index in [9.17, 15) is 44.1 Å². The van der Waals surface area contributed by atoms with Crippen LogP contribution in [0.1, 0.15) is 28.8 Å². The number of ketones is 4. The molecular weight excluding hydrogens is 548 g/mol. The number of phenols is 1. The summed E-state index contributed by atoms with van der Waals surface area (Å²) in [6, 6.07) is -0.127. The van der Waals surface area contributed by atoms with Crippen LogP contribution in [0.25, 0.3) is 0 Å². The smallest absolute Gasteiger partial charge is 0.238 e. The molecule has 6 N–H and O–H groups in total. The number of hydrogen-bond acceptors (Lipinski definition) is 11. The molecule has 0 spiro atoms. The zero-order chi connectivity index (χ0) is 30.2. The highest BCUT2D eigenvalue weighted by atomic mass is 35.5.